The van der Waals surface area contributed by atoms with Gasteiger partial charge in [-0.1, -0.05) is 64.7 Å². The van der Waals surface area contributed by atoms with Crippen molar-refractivity contribution in [3.8, 4) is 11.8 Å². The van der Waals surface area contributed by atoms with Gasteiger partial charge >= 0.3 is 5.97 Å². The number of nitrogens with zero attached hydrogens (tertiary/aromatic N) is 1. The molecule has 0 atom stereocenters. The van der Waals surface area contributed by atoms with Gasteiger partial charge in [0, 0.05) is 0 Å². The monoisotopic (exact) mass is 331 g/mol. The first kappa shape index (κ1) is 20.0. The molecule has 0 fully saturated rings. The summed E-state index contributed by atoms with van der Waals surface area (Å²) in [7, 11) is 0. The topological polar surface area (TPSA) is 70.3 Å². The zero-order valence-corrected chi connectivity index (χ0v) is 14.7. The number of nitriles is 1. The highest BCUT2D eigenvalue weighted by atomic mass is 16.5. The van der Waals surface area contributed by atoms with Crippen LogP contribution in [0.5, 0.6) is 5.75 Å². The average Bonchev–Trinajstić information content (AvgIpc) is 2.59. The summed E-state index contributed by atoms with van der Waals surface area (Å²) in [6.45, 7) is 2.84. The van der Waals surface area contributed by atoms with E-state index in [1.807, 2.05) is 6.07 Å². The maximum absolute atomic E-state index is 11.0. The normalized spacial score (nSPS) is 10.3. The Morgan fingerprint density at radius 2 is 1.62 bits per heavy atom. The van der Waals surface area contributed by atoms with Crippen molar-refractivity contribution < 1.29 is 14.6 Å². The number of carboxylic acid groups (broad SMARTS) is 1. The molecule has 0 aliphatic heterocycles. The Bertz CT molecular complexity index is 534. The molecule has 0 bridgehead atoms. The van der Waals surface area contributed by atoms with Gasteiger partial charge in [-0.2, -0.15) is 5.26 Å². The van der Waals surface area contributed by atoms with Crippen molar-refractivity contribution in [2.75, 3.05) is 6.61 Å². The Hall–Kier alpha value is -2.02. The van der Waals surface area contributed by atoms with Crippen LogP contribution in [0.25, 0.3) is 0 Å². The predicted octanol–water partition coefficient (Wildman–Crippen LogP) is 5.56. The molecule has 0 saturated carbocycles. The van der Waals surface area contributed by atoms with Crippen LogP contribution in [-0.4, -0.2) is 17.7 Å². The largest absolute Gasteiger partial charge is 0.494 e. The lowest BCUT2D eigenvalue weighted by Crippen LogP contribution is -2.02. The maximum atomic E-state index is 11.0. The van der Waals surface area contributed by atoms with Crippen molar-refractivity contribution in [2.45, 2.75) is 71.1 Å². The van der Waals surface area contributed by atoms with Crippen LogP contribution in [0.2, 0.25) is 0 Å². The van der Waals surface area contributed by atoms with Gasteiger partial charge in [-0.3, -0.25) is 0 Å². The number of hydrogen-bond donors (Lipinski definition) is 1. The fourth-order valence-electron chi connectivity index (χ4n) is 2.67. The van der Waals surface area contributed by atoms with E-state index in [9.17, 15) is 4.79 Å². The van der Waals surface area contributed by atoms with E-state index in [2.05, 4.69) is 6.92 Å². The zero-order valence-electron chi connectivity index (χ0n) is 14.7. The molecule has 4 nitrogen and oxygen atoms in total. The molecule has 0 spiro atoms. The summed E-state index contributed by atoms with van der Waals surface area (Å²) in [5, 5.41) is 18.0. The highest BCUT2D eigenvalue weighted by Crippen LogP contribution is 2.18. The Morgan fingerprint density at radius 3 is 2.17 bits per heavy atom. The van der Waals surface area contributed by atoms with E-state index in [1.54, 1.807) is 6.07 Å². The van der Waals surface area contributed by atoms with Crippen molar-refractivity contribution >= 4 is 5.97 Å². The third kappa shape index (κ3) is 8.01. The number of hydrogen-bond acceptors (Lipinski definition) is 3. The van der Waals surface area contributed by atoms with Crippen LogP contribution in [0.3, 0.4) is 0 Å². The van der Waals surface area contributed by atoms with Crippen molar-refractivity contribution in [3.05, 3.63) is 29.3 Å². The predicted molar refractivity (Wildman–Crippen MR) is 95.5 cm³/mol. The first-order chi connectivity index (χ1) is 11.7. The van der Waals surface area contributed by atoms with Crippen LogP contribution < -0.4 is 4.74 Å². The molecule has 0 aromatic heterocycles. The Labute approximate surface area is 145 Å². The van der Waals surface area contributed by atoms with E-state index in [0.29, 0.717) is 12.4 Å². The maximum Gasteiger partial charge on any atom is 0.337 e. The minimum Gasteiger partial charge on any atom is -0.494 e. The number of carbonyl (C=O) groups is 1. The molecule has 0 aliphatic carbocycles. The molecule has 24 heavy (non-hydrogen) atoms. The van der Waals surface area contributed by atoms with E-state index in [1.165, 1.54) is 63.5 Å². The van der Waals surface area contributed by atoms with Gasteiger partial charge < -0.3 is 9.84 Å². The molecule has 0 amide bonds. The summed E-state index contributed by atoms with van der Waals surface area (Å²) in [5.41, 5.74) is 0.159. The standard InChI is InChI=1S/C20H29NO3/c1-2-3-4-5-6-7-8-9-10-11-14-24-18-12-13-19(20(22)23)17(15-18)16-21/h12-13,15H,2-11,14H2,1H3,(H,22,23). The molecular formula is C20H29NO3. The van der Waals surface area contributed by atoms with E-state index in [0.717, 1.165) is 12.8 Å². The van der Waals surface area contributed by atoms with Crippen LogP contribution in [0.1, 0.15) is 87.1 Å². The Morgan fingerprint density at radius 1 is 1.04 bits per heavy atom. The summed E-state index contributed by atoms with van der Waals surface area (Å²) < 4.78 is 5.61. The van der Waals surface area contributed by atoms with Gasteiger partial charge in [-0.25, -0.2) is 4.79 Å². The molecule has 1 aromatic carbocycles. The number of ether oxygens (including phenoxy) is 1. The second-order valence-electron chi connectivity index (χ2n) is 6.15. The fraction of sp³-hybridized carbons (Fsp3) is 0.600. The smallest absolute Gasteiger partial charge is 0.337 e. The number of rotatable bonds is 13. The minimum atomic E-state index is -1.09. The molecule has 0 radical (unpaired) electrons. The minimum absolute atomic E-state index is 0.0174. The molecular weight excluding hydrogens is 302 g/mol. The summed E-state index contributed by atoms with van der Waals surface area (Å²) in [6.07, 6.45) is 12.7. The van der Waals surface area contributed by atoms with Gasteiger partial charge in [0.05, 0.1) is 17.7 Å². The molecule has 132 valence electrons. The van der Waals surface area contributed by atoms with E-state index in [-0.39, 0.29) is 11.1 Å². The molecule has 0 heterocycles. The van der Waals surface area contributed by atoms with Crippen LogP contribution in [0.4, 0.5) is 0 Å². The molecule has 1 aromatic rings. The van der Waals surface area contributed by atoms with Crippen molar-refractivity contribution in [1.29, 1.82) is 5.26 Å². The number of benzene rings is 1. The van der Waals surface area contributed by atoms with Gasteiger partial charge in [-0.15, -0.1) is 0 Å². The SMILES string of the molecule is CCCCCCCCCCCCOc1ccc(C(=O)O)c(C#N)c1. The first-order valence-electron chi connectivity index (χ1n) is 9.09. The third-order valence-electron chi connectivity index (χ3n) is 4.11. The number of carboxylic acids is 1. The van der Waals surface area contributed by atoms with Gasteiger partial charge in [0.2, 0.25) is 0 Å². The molecule has 0 aliphatic rings. The van der Waals surface area contributed by atoms with Crippen LogP contribution in [0, 0.1) is 11.3 Å². The molecule has 4 heteroatoms. The van der Waals surface area contributed by atoms with Crippen LogP contribution in [0.15, 0.2) is 18.2 Å². The van der Waals surface area contributed by atoms with Crippen molar-refractivity contribution in [1.82, 2.24) is 0 Å². The summed E-state index contributed by atoms with van der Waals surface area (Å²) in [6, 6.07) is 6.44. The first-order valence-corrected chi connectivity index (χ1v) is 9.09. The average molecular weight is 331 g/mol. The Kier molecular flexibility index (Phi) is 10.4. The van der Waals surface area contributed by atoms with Crippen molar-refractivity contribution in [3.63, 3.8) is 0 Å². The Balaban J connectivity index is 2.11. The lowest BCUT2D eigenvalue weighted by atomic mass is 10.1. The van der Waals surface area contributed by atoms with E-state index < -0.39 is 5.97 Å². The molecule has 0 saturated heterocycles. The highest BCUT2D eigenvalue weighted by Gasteiger charge is 2.10. The van der Waals surface area contributed by atoms with Gasteiger partial charge in [-0.05, 0) is 24.6 Å². The molecule has 1 N–H and O–H groups in total. The van der Waals surface area contributed by atoms with E-state index in [4.69, 9.17) is 15.1 Å². The molecule has 1 rings (SSSR count). The van der Waals surface area contributed by atoms with Gasteiger partial charge in [0.1, 0.15) is 11.8 Å². The third-order valence-corrected chi connectivity index (χ3v) is 4.11. The fourth-order valence-corrected chi connectivity index (χ4v) is 2.67. The lowest BCUT2D eigenvalue weighted by molar-refractivity contribution is 0.0696. The van der Waals surface area contributed by atoms with Crippen molar-refractivity contribution in [2.24, 2.45) is 0 Å². The summed E-state index contributed by atoms with van der Waals surface area (Å²) >= 11 is 0. The van der Waals surface area contributed by atoms with Crippen LogP contribution in [-0.2, 0) is 0 Å². The van der Waals surface area contributed by atoms with Gasteiger partial charge in [0.25, 0.3) is 0 Å². The van der Waals surface area contributed by atoms with Crippen LogP contribution >= 0.6 is 0 Å². The number of unbranched alkanes of at least 4 members (excludes halogenated alkanes) is 9. The second-order valence-corrected chi connectivity index (χ2v) is 6.15. The van der Waals surface area contributed by atoms with Gasteiger partial charge in [0.15, 0.2) is 0 Å². The summed E-state index contributed by atoms with van der Waals surface area (Å²) in [4.78, 5) is 11.0. The number of aromatic carboxylic acids is 1. The lowest BCUT2D eigenvalue weighted by Gasteiger charge is -2.07. The zero-order chi connectivity index (χ0) is 17.6. The molecule has 0 unspecified atom stereocenters. The second kappa shape index (κ2) is 12.4. The summed E-state index contributed by atoms with van der Waals surface area (Å²) in [5.74, 6) is -0.528. The highest BCUT2D eigenvalue weighted by molar-refractivity contribution is 5.90. The quantitative estimate of drug-likeness (QED) is 0.481. The van der Waals surface area contributed by atoms with E-state index >= 15 is 0 Å².